The summed E-state index contributed by atoms with van der Waals surface area (Å²) in [6.07, 6.45) is 6.20. The molecule has 2 heterocycles. The van der Waals surface area contributed by atoms with E-state index in [-0.39, 0.29) is 18.9 Å². The molecule has 0 unspecified atom stereocenters. The number of carboxylic acids is 1. The van der Waals surface area contributed by atoms with E-state index in [4.69, 9.17) is 5.11 Å². The van der Waals surface area contributed by atoms with Crippen LogP contribution in [0.25, 0.3) is 5.52 Å². The zero-order chi connectivity index (χ0) is 15.6. The summed E-state index contributed by atoms with van der Waals surface area (Å²) in [4.78, 5) is 29.1. The minimum absolute atomic E-state index is 0.0968. The Kier molecular flexibility index (Phi) is 3.93. The maximum absolute atomic E-state index is 12.7. The van der Waals surface area contributed by atoms with E-state index in [0.29, 0.717) is 11.1 Å². The summed E-state index contributed by atoms with van der Waals surface area (Å²) >= 11 is 0. The van der Waals surface area contributed by atoms with Gasteiger partial charge in [0.05, 0.1) is 29.9 Å². The molecule has 0 spiro atoms. The molecule has 0 saturated carbocycles. The van der Waals surface area contributed by atoms with Crippen LogP contribution in [0.2, 0.25) is 0 Å². The van der Waals surface area contributed by atoms with Crippen LogP contribution in [0.3, 0.4) is 0 Å². The number of fused-ring (bicyclic) bond motifs is 1. The molecule has 2 rings (SSSR count). The second-order valence-corrected chi connectivity index (χ2v) is 5.74. The standard InChI is InChI=1S/C14H18N4O3/c1-14(2,3)17(6-4-12(19)20)13(21)10-8-16-18-7-5-15-9-11(10)18/h5,7-9H,4,6H2,1-3H3,(H,19,20). The number of aliphatic carboxylic acids is 1. The minimum Gasteiger partial charge on any atom is -0.481 e. The van der Waals surface area contributed by atoms with E-state index in [0.717, 1.165) is 0 Å². The topological polar surface area (TPSA) is 87.8 Å². The van der Waals surface area contributed by atoms with Crippen molar-refractivity contribution in [1.29, 1.82) is 0 Å². The van der Waals surface area contributed by atoms with Crippen LogP contribution in [0.15, 0.2) is 24.8 Å². The Labute approximate surface area is 122 Å². The van der Waals surface area contributed by atoms with E-state index in [1.165, 1.54) is 6.20 Å². The van der Waals surface area contributed by atoms with Gasteiger partial charge in [-0.25, -0.2) is 4.52 Å². The van der Waals surface area contributed by atoms with Crippen LogP contribution in [0.5, 0.6) is 0 Å². The van der Waals surface area contributed by atoms with E-state index in [9.17, 15) is 9.59 Å². The molecule has 7 heteroatoms. The van der Waals surface area contributed by atoms with Crippen molar-refractivity contribution >= 4 is 17.4 Å². The monoisotopic (exact) mass is 290 g/mol. The van der Waals surface area contributed by atoms with Crippen molar-refractivity contribution in [3.8, 4) is 0 Å². The van der Waals surface area contributed by atoms with Gasteiger partial charge in [0.15, 0.2) is 0 Å². The van der Waals surface area contributed by atoms with Crippen molar-refractivity contribution < 1.29 is 14.7 Å². The first kappa shape index (κ1) is 15.0. The van der Waals surface area contributed by atoms with Gasteiger partial charge in [0.25, 0.3) is 5.91 Å². The molecule has 2 aromatic rings. The predicted octanol–water partition coefficient (Wildman–Crippen LogP) is 1.44. The first-order chi connectivity index (χ1) is 9.80. The summed E-state index contributed by atoms with van der Waals surface area (Å²) in [5.74, 6) is -1.18. The zero-order valence-electron chi connectivity index (χ0n) is 12.3. The summed E-state index contributed by atoms with van der Waals surface area (Å²) < 4.78 is 1.57. The molecule has 0 atom stereocenters. The predicted molar refractivity (Wildman–Crippen MR) is 76.0 cm³/mol. The molecule has 21 heavy (non-hydrogen) atoms. The van der Waals surface area contributed by atoms with Crippen LogP contribution in [0.4, 0.5) is 0 Å². The fourth-order valence-corrected chi connectivity index (χ4v) is 2.09. The van der Waals surface area contributed by atoms with Crippen molar-refractivity contribution in [2.45, 2.75) is 32.7 Å². The van der Waals surface area contributed by atoms with E-state index in [1.807, 2.05) is 20.8 Å². The number of carboxylic acid groups (broad SMARTS) is 1. The number of amides is 1. The van der Waals surface area contributed by atoms with Crippen molar-refractivity contribution in [3.63, 3.8) is 0 Å². The Bertz CT molecular complexity index is 672. The molecule has 7 nitrogen and oxygen atoms in total. The highest BCUT2D eigenvalue weighted by atomic mass is 16.4. The largest absolute Gasteiger partial charge is 0.481 e. The third-order valence-corrected chi connectivity index (χ3v) is 3.16. The third kappa shape index (κ3) is 3.18. The normalized spacial score (nSPS) is 11.6. The molecular weight excluding hydrogens is 272 g/mol. The van der Waals surface area contributed by atoms with Crippen molar-refractivity contribution in [2.24, 2.45) is 0 Å². The van der Waals surface area contributed by atoms with Gasteiger partial charge in [-0.1, -0.05) is 0 Å². The average molecular weight is 290 g/mol. The van der Waals surface area contributed by atoms with Gasteiger partial charge in [0, 0.05) is 24.5 Å². The van der Waals surface area contributed by atoms with Gasteiger partial charge in [-0.15, -0.1) is 0 Å². The molecule has 1 amide bonds. The van der Waals surface area contributed by atoms with Crippen LogP contribution in [-0.2, 0) is 4.79 Å². The molecule has 2 aromatic heterocycles. The van der Waals surface area contributed by atoms with Gasteiger partial charge in [0.1, 0.15) is 0 Å². The Morgan fingerprint density at radius 1 is 1.33 bits per heavy atom. The highest BCUT2D eigenvalue weighted by Crippen LogP contribution is 2.20. The molecule has 0 saturated heterocycles. The average Bonchev–Trinajstić information content (AvgIpc) is 2.80. The van der Waals surface area contributed by atoms with Crippen molar-refractivity contribution in [1.82, 2.24) is 19.5 Å². The number of aromatic nitrogens is 3. The van der Waals surface area contributed by atoms with E-state index in [2.05, 4.69) is 10.1 Å². The molecule has 0 aliphatic carbocycles. The summed E-state index contributed by atoms with van der Waals surface area (Å²) in [5, 5.41) is 13.0. The smallest absolute Gasteiger partial charge is 0.305 e. The Morgan fingerprint density at radius 2 is 2.05 bits per heavy atom. The number of nitrogens with zero attached hydrogens (tertiary/aromatic N) is 4. The molecule has 0 aliphatic rings. The highest BCUT2D eigenvalue weighted by Gasteiger charge is 2.29. The van der Waals surface area contributed by atoms with Crippen molar-refractivity contribution in [2.75, 3.05) is 6.54 Å². The first-order valence-electron chi connectivity index (χ1n) is 6.62. The van der Waals surface area contributed by atoms with Crippen LogP contribution < -0.4 is 0 Å². The highest BCUT2D eigenvalue weighted by molar-refractivity contribution is 6.00. The van der Waals surface area contributed by atoms with Gasteiger partial charge in [-0.3, -0.25) is 14.6 Å². The van der Waals surface area contributed by atoms with Crippen LogP contribution in [-0.4, -0.2) is 48.6 Å². The minimum atomic E-state index is -0.932. The number of carbonyl (C=O) groups is 2. The van der Waals surface area contributed by atoms with Gasteiger partial charge in [-0.2, -0.15) is 5.10 Å². The third-order valence-electron chi connectivity index (χ3n) is 3.16. The number of rotatable bonds is 4. The van der Waals surface area contributed by atoms with E-state index in [1.54, 1.807) is 28.0 Å². The summed E-state index contributed by atoms with van der Waals surface area (Å²) in [6, 6.07) is 0. The Morgan fingerprint density at radius 3 is 2.67 bits per heavy atom. The fourth-order valence-electron chi connectivity index (χ4n) is 2.09. The Balaban J connectivity index is 2.35. The maximum atomic E-state index is 12.7. The lowest BCUT2D eigenvalue weighted by atomic mass is 10.0. The van der Waals surface area contributed by atoms with Crippen LogP contribution in [0.1, 0.15) is 37.6 Å². The van der Waals surface area contributed by atoms with Crippen molar-refractivity contribution in [3.05, 3.63) is 30.4 Å². The summed E-state index contributed by atoms with van der Waals surface area (Å²) in [5.41, 5.74) is 0.540. The molecule has 0 aromatic carbocycles. The first-order valence-corrected chi connectivity index (χ1v) is 6.62. The SMILES string of the molecule is CC(C)(C)N(CCC(=O)O)C(=O)c1cnn2ccncc12. The quantitative estimate of drug-likeness (QED) is 0.920. The van der Waals surface area contributed by atoms with Gasteiger partial charge in [-0.05, 0) is 20.8 Å². The molecule has 0 bridgehead atoms. The second kappa shape index (κ2) is 5.51. The maximum Gasteiger partial charge on any atom is 0.305 e. The number of hydrogen-bond acceptors (Lipinski definition) is 4. The van der Waals surface area contributed by atoms with Gasteiger partial charge in [0.2, 0.25) is 0 Å². The van der Waals surface area contributed by atoms with Crippen LogP contribution >= 0.6 is 0 Å². The molecule has 0 fully saturated rings. The molecular formula is C14H18N4O3. The van der Waals surface area contributed by atoms with Gasteiger partial charge >= 0.3 is 5.97 Å². The summed E-state index contributed by atoms with van der Waals surface area (Å²) in [6.45, 7) is 5.76. The zero-order valence-corrected chi connectivity index (χ0v) is 12.3. The number of hydrogen-bond donors (Lipinski definition) is 1. The number of carbonyl (C=O) groups excluding carboxylic acids is 1. The van der Waals surface area contributed by atoms with E-state index >= 15 is 0 Å². The molecule has 0 aliphatic heterocycles. The summed E-state index contributed by atoms with van der Waals surface area (Å²) in [7, 11) is 0. The van der Waals surface area contributed by atoms with E-state index < -0.39 is 11.5 Å². The molecule has 0 radical (unpaired) electrons. The van der Waals surface area contributed by atoms with Gasteiger partial charge < -0.3 is 10.0 Å². The second-order valence-electron chi connectivity index (χ2n) is 5.74. The lowest BCUT2D eigenvalue weighted by Crippen LogP contribution is -2.46. The Hall–Kier alpha value is -2.44. The lowest BCUT2D eigenvalue weighted by Gasteiger charge is -2.35. The molecule has 1 N–H and O–H groups in total. The van der Waals surface area contributed by atoms with Crippen LogP contribution in [0, 0.1) is 0 Å². The lowest BCUT2D eigenvalue weighted by molar-refractivity contribution is -0.137. The fraction of sp³-hybridized carbons (Fsp3) is 0.429. The molecule has 112 valence electrons.